The second kappa shape index (κ2) is 39.1. The summed E-state index contributed by atoms with van der Waals surface area (Å²) in [6.45, 7) is 11.5. The summed E-state index contributed by atoms with van der Waals surface area (Å²) in [7, 11) is 0. The first-order valence-corrected chi connectivity index (χ1v) is 32.0. The van der Waals surface area contributed by atoms with E-state index in [0.29, 0.717) is 39.6 Å². The number of nitrogens with one attached hydrogen (secondary N) is 2. The molecule has 8 aromatic carbocycles. The van der Waals surface area contributed by atoms with Gasteiger partial charge in [-0.2, -0.15) is 20.6 Å². The zero-order valence-corrected chi connectivity index (χ0v) is 55.6. The van der Waals surface area contributed by atoms with Crippen LogP contribution in [-0.2, 0) is 4.57 Å². The van der Waals surface area contributed by atoms with Gasteiger partial charge < -0.3 is 31.1 Å². The van der Waals surface area contributed by atoms with Crippen LogP contribution in [0.25, 0.3) is 33.9 Å². The van der Waals surface area contributed by atoms with Gasteiger partial charge in [0.15, 0.2) is 12.1 Å². The maximum Gasteiger partial charge on any atom is 0.339 e. The number of nitrogen functional groups attached to an aromatic ring is 1. The molecule has 10 rings (SSSR count). The molecule has 27 heteroatoms. The first-order chi connectivity index (χ1) is 44.7. The van der Waals surface area contributed by atoms with Crippen molar-refractivity contribution in [3.05, 3.63) is 273 Å². The number of nitrogens with two attached hydrogens (primary N) is 2. The number of halogens is 4. The third kappa shape index (κ3) is 26.5. The Morgan fingerprint density at radius 1 is 0.505 bits per heavy atom. The summed E-state index contributed by atoms with van der Waals surface area (Å²) in [6.07, 6.45) is 4.05. The van der Waals surface area contributed by atoms with Crippen molar-refractivity contribution in [3.63, 3.8) is 0 Å². The summed E-state index contributed by atoms with van der Waals surface area (Å²) in [6, 6.07) is 58.7. The number of aryl methyl sites for hydroxylation is 4. The van der Waals surface area contributed by atoms with E-state index < -0.39 is 29.1 Å². The number of Topliss-reactive ketones (excluding diaryl/α,β-unsaturated/α-hetero) is 1. The molecule has 0 saturated carbocycles. The van der Waals surface area contributed by atoms with Gasteiger partial charge in [-0.25, -0.2) is 34.4 Å². The van der Waals surface area contributed by atoms with E-state index in [1.165, 1.54) is 47.5 Å². The van der Waals surface area contributed by atoms with Crippen LogP contribution in [0.5, 0.6) is 0 Å². The monoisotopic (exact) mass is 1380 g/mol. The van der Waals surface area contributed by atoms with Crippen LogP contribution < -0.4 is 22.6 Å². The molecule has 95 heavy (non-hydrogen) atoms. The third-order valence-corrected chi connectivity index (χ3v) is 12.8. The van der Waals surface area contributed by atoms with Gasteiger partial charge in [-0.15, -0.1) is 12.4 Å². The molecule has 0 saturated heterocycles. The number of carboxylic acid groups (broad SMARTS) is 4. The number of anilines is 2. The van der Waals surface area contributed by atoms with Gasteiger partial charge in [-0.05, 0) is 178 Å². The summed E-state index contributed by atoms with van der Waals surface area (Å²) in [5.74, 6) is 4.88. The number of aromatic carboxylic acids is 4. The number of ketones is 1. The van der Waals surface area contributed by atoms with Crippen molar-refractivity contribution in [2.24, 2.45) is 16.8 Å². The molecule has 0 aliphatic carbocycles. The quantitative estimate of drug-likeness (QED) is 0.0122. The normalized spacial score (nSPS) is 10.1. The van der Waals surface area contributed by atoms with Gasteiger partial charge in [0.2, 0.25) is 0 Å². The molecule has 0 aliphatic heterocycles. The number of aromatic nitrogens is 4. The summed E-state index contributed by atoms with van der Waals surface area (Å²) < 4.78 is 12.7. The highest BCUT2D eigenvalue weighted by Gasteiger charge is 2.15. The number of nitriles is 1. The topological polar surface area (TPSA) is 369 Å². The van der Waals surface area contributed by atoms with Crippen LogP contribution >= 0.6 is 51.3 Å². The van der Waals surface area contributed by atoms with Gasteiger partial charge in [0.25, 0.3) is 0 Å². The average Bonchev–Trinajstić information content (AvgIpc) is 1.68. The van der Waals surface area contributed by atoms with Crippen molar-refractivity contribution in [2.75, 3.05) is 10.9 Å². The van der Waals surface area contributed by atoms with Crippen LogP contribution in [0.3, 0.4) is 0 Å². The number of hydrogen-bond acceptors (Lipinski definition) is 16. The Labute approximate surface area is 567 Å². The third-order valence-electron chi connectivity index (χ3n) is 12.8. The minimum Gasteiger partial charge on any atom is -0.478 e. The Morgan fingerprint density at radius 2 is 0.811 bits per heavy atom. The second-order valence-electron chi connectivity index (χ2n) is 19.8. The largest absolute Gasteiger partial charge is 0.478 e. The number of carbonyl (C=O) groups excluding carboxylic acids is 2. The van der Waals surface area contributed by atoms with Crippen molar-refractivity contribution in [2.45, 2.75) is 41.5 Å². The highest BCUT2D eigenvalue weighted by atomic mass is 36.0. The number of rotatable bonds is 14. The first kappa shape index (κ1) is 78.7. The molecule has 22 nitrogen and oxygen atoms in total. The SMILES string of the molecule is C/C(=N\Nc1ccc(C(=O)O)cc1)c1ccc(C)cc1.CC(=O)c1ccc(C)cc1.Cc1ccc(-c2nn(-c3ccc(C(=O)O)cc3)cc2C#N)cc1.Cc1ccc(-c2nn(-c3ccc(C(=O)O)cc3)cc2C=O)cc1.Cl.NNc1ccc(C(=O)O)cc1.NO.O=P(Cl)(Cl)Cl. The standard InChI is InChI=1S/C18H13N3O2.C18H14N2O3.C16H16N2O2.C9H10O.C7H8N2O2.Cl3OP.ClH.H3NO/c1-12-2-4-13(5-3-12)17-15(10-19)11-21(20-17)16-8-6-14(7-9-16)18(22)23;1-12-2-4-13(5-3-12)17-15(11-21)10-20(19-17)16-8-6-14(7-9-16)18(22)23;1-11-3-5-13(6-4-11)12(2)17-18-15-9-7-14(8-10-15)16(19)20;1-7-3-5-9(6-4-7)8(2)10;8-9-6-3-1-5(2-4-6)7(10)11;1-5(2,3)4;;1-2/h2-9,11H,1H3,(H,22,23);2-11H,1H3,(H,22,23);3-10,18H,1-2H3,(H,19,20);3-6H,1-2H3;1-4,9H,8H2,(H,10,11);;1H;2H,1H2/b;;17-12+;;;;;. The maximum atomic E-state index is 11.3. The fraction of sp³-hybridized carbons (Fsp3) is 0.0882. The van der Waals surface area contributed by atoms with E-state index >= 15 is 0 Å². The lowest BCUT2D eigenvalue weighted by atomic mass is 10.1. The molecule has 2 heterocycles. The molecule has 10 aromatic rings. The molecule has 0 fully saturated rings. The molecular formula is C68H65Cl4N10O12P. The second-order valence-corrected chi connectivity index (χ2v) is 26.4. The van der Waals surface area contributed by atoms with Crippen molar-refractivity contribution in [1.82, 2.24) is 19.6 Å². The Bertz CT molecular complexity index is 4270. The van der Waals surface area contributed by atoms with Crippen LogP contribution in [0, 0.1) is 39.0 Å². The number of benzene rings is 8. The molecule has 11 N–H and O–H groups in total. The lowest BCUT2D eigenvalue weighted by Crippen LogP contribution is -2.06. The summed E-state index contributed by atoms with van der Waals surface area (Å²) in [5, 5.41) is 61.0. The highest BCUT2D eigenvalue weighted by molar-refractivity contribution is 8.24. The number of carboxylic acids is 4. The summed E-state index contributed by atoms with van der Waals surface area (Å²) in [4.78, 5) is 65.0. The lowest BCUT2D eigenvalue weighted by Gasteiger charge is -2.04. The number of carbonyl (C=O) groups is 6. The van der Waals surface area contributed by atoms with Crippen molar-refractivity contribution in [1.29, 1.82) is 5.26 Å². The zero-order valence-electron chi connectivity index (χ0n) is 51.6. The van der Waals surface area contributed by atoms with E-state index in [1.54, 1.807) is 89.3 Å². The minimum atomic E-state index is -3.22. The molecule has 0 radical (unpaired) electrons. The van der Waals surface area contributed by atoms with Gasteiger partial charge in [-0.1, -0.05) is 119 Å². The van der Waals surface area contributed by atoms with E-state index in [0.717, 1.165) is 51.1 Å². The fourth-order valence-electron chi connectivity index (χ4n) is 7.76. The van der Waals surface area contributed by atoms with E-state index in [9.17, 15) is 38.6 Å². The number of aldehydes is 1. The Kier molecular flexibility index (Phi) is 32.4. The van der Waals surface area contributed by atoms with Crippen LogP contribution in [0.2, 0.25) is 0 Å². The van der Waals surface area contributed by atoms with Gasteiger partial charge in [-0.3, -0.25) is 25.4 Å². The number of hydrazone groups is 1. The van der Waals surface area contributed by atoms with Crippen LogP contribution in [0.15, 0.2) is 212 Å². The van der Waals surface area contributed by atoms with E-state index in [1.807, 2.05) is 132 Å². The molecular weight excluding hydrogens is 1320 g/mol. The van der Waals surface area contributed by atoms with Crippen molar-refractivity contribution >= 4 is 104 Å². The Hall–Kier alpha value is -10.6. The Balaban J connectivity index is 0.000000310. The van der Waals surface area contributed by atoms with Gasteiger partial charge in [0.05, 0.1) is 56.2 Å². The van der Waals surface area contributed by atoms with Crippen LogP contribution in [0.4, 0.5) is 11.4 Å². The number of hydrazine groups is 1. The van der Waals surface area contributed by atoms with Crippen LogP contribution in [-0.4, -0.2) is 86.9 Å². The minimum absolute atomic E-state index is 0. The van der Waals surface area contributed by atoms with Crippen LogP contribution in [0.1, 0.15) is 109 Å². The molecule has 492 valence electrons. The lowest BCUT2D eigenvalue weighted by molar-refractivity contribution is 0.0686. The molecule has 0 aliphatic rings. The van der Waals surface area contributed by atoms with E-state index in [-0.39, 0.29) is 40.4 Å². The number of nitrogens with zero attached hydrogens (tertiary/aromatic N) is 6. The molecule has 0 bridgehead atoms. The van der Waals surface area contributed by atoms with Gasteiger partial charge >= 0.3 is 29.1 Å². The molecule has 0 amide bonds. The molecule has 0 unspecified atom stereocenters. The predicted octanol–water partition coefficient (Wildman–Crippen LogP) is 15.7. The fourth-order valence-corrected chi connectivity index (χ4v) is 7.76. The smallest absolute Gasteiger partial charge is 0.339 e. The molecule has 0 spiro atoms. The van der Waals surface area contributed by atoms with Gasteiger partial charge in [0.1, 0.15) is 17.5 Å². The predicted molar refractivity (Wildman–Crippen MR) is 373 cm³/mol. The van der Waals surface area contributed by atoms with Gasteiger partial charge in [0, 0.05) is 34.8 Å². The zero-order chi connectivity index (χ0) is 69.7. The summed E-state index contributed by atoms with van der Waals surface area (Å²) >= 11 is 13.8. The highest BCUT2D eigenvalue weighted by Crippen LogP contribution is 2.61. The molecule has 0 atom stereocenters. The number of hydrogen-bond donors (Lipinski definition) is 9. The summed E-state index contributed by atoms with van der Waals surface area (Å²) in [5.41, 5.74) is 20.3. The Morgan fingerprint density at radius 3 is 1.15 bits per heavy atom. The van der Waals surface area contributed by atoms with Crippen molar-refractivity contribution < 1.29 is 59.0 Å². The maximum absolute atomic E-state index is 11.3. The average molecular weight is 1390 g/mol. The first-order valence-electron chi connectivity index (χ1n) is 27.6. The van der Waals surface area contributed by atoms with Crippen molar-refractivity contribution in [3.8, 4) is 40.0 Å². The van der Waals surface area contributed by atoms with E-state index in [4.69, 9.17) is 31.5 Å². The molecule has 2 aromatic heterocycles. The van der Waals surface area contributed by atoms with E-state index in [2.05, 4.69) is 71.8 Å².